The Balaban J connectivity index is 1.50. The van der Waals surface area contributed by atoms with Crippen LogP contribution in [-0.4, -0.2) is 24.4 Å². The lowest BCUT2D eigenvalue weighted by Gasteiger charge is -2.18. The van der Waals surface area contributed by atoms with E-state index >= 15 is 0 Å². The normalized spacial score (nSPS) is 13.3. The molecular weight excluding hydrogens is 468 g/mol. The van der Waals surface area contributed by atoms with Gasteiger partial charge in [-0.3, -0.25) is 9.59 Å². The van der Waals surface area contributed by atoms with E-state index in [4.69, 9.17) is 21.1 Å². The average molecular weight is 491 g/mol. The summed E-state index contributed by atoms with van der Waals surface area (Å²) in [6.45, 7) is 5.97. The SMILES string of the molecule is CCOc1ccccc1N1C(=O)C(Cl)=C(Nc2ccc(C(=O)Oc3cc(C)ccc3C)cc2)C1=O. The fourth-order valence-corrected chi connectivity index (χ4v) is 3.77. The van der Waals surface area contributed by atoms with E-state index in [1.54, 1.807) is 54.6 Å². The minimum Gasteiger partial charge on any atom is -0.492 e. The largest absolute Gasteiger partial charge is 0.492 e. The highest BCUT2D eigenvalue weighted by molar-refractivity contribution is 6.53. The van der Waals surface area contributed by atoms with E-state index in [2.05, 4.69) is 5.32 Å². The number of hydrogen-bond donors (Lipinski definition) is 1. The number of rotatable bonds is 7. The van der Waals surface area contributed by atoms with Gasteiger partial charge in [0, 0.05) is 5.69 Å². The van der Waals surface area contributed by atoms with Crippen LogP contribution in [0.25, 0.3) is 0 Å². The summed E-state index contributed by atoms with van der Waals surface area (Å²) in [5, 5.41) is 2.66. The van der Waals surface area contributed by atoms with E-state index < -0.39 is 17.8 Å². The molecule has 0 aromatic heterocycles. The van der Waals surface area contributed by atoms with Crippen LogP contribution in [-0.2, 0) is 9.59 Å². The van der Waals surface area contributed by atoms with E-state index in [1.807, 2.05) is 32.9 Å². The number of aryl methyl sites for hydroxylation is 2. The van der Waals surface area contributed by atoms with Crippen molar-refractivity contribution in [3.63, 3.8) is 0 Å². The van der Waals surface area contributed by atoms with Gasteiger partial charge in [0.1, 0.15) is 22.2 Å². The zero-order chi connectivity index (χ0) is 25.1. The van der Waals surface area contributed by atoms with Crippen LogP contribution in [0.4, 0.5) is 11.4 Å². The van der Waals surface area contributed by atoms with Gasteiger partial charge < -0.3 is 14.8 Å². The Bertz CT molecular complexity index is 1350. The summed E-state index contributed by atoms with van der Waals surface area (Å²) in [7, 11) is 0. The van der Waals surface area contributed by atoms with E-state index in [9.17, 15) is 14.4 Å². The number of nitrogens with one attached hydrogen (secondary N) is 1. The highest BCUT2D eigenvalue weighted by Gasteiger charge is 2.40. The molecule has 35 heavy (non-hydrogen) atoms. The summed E-state index contributed by atoms with van der Waals surface area (Å²) in [5.74, 6) is -0.871. The van der Waals surface area contributed by atoms with Crippen molar-refractivity contribution in [3.05, 3.63) is 94.1 Å². The van der Waals surface area contributed by atoms with Gasteiger partial charge in [0.25, 0.3) is 11.8 Å². The van der Waals surface area contributed by atoms with Crippen LogP contribution < -0.4 is 19.7 Å². The first-order chi connectivity index (χ1) is 16.8. The number of ether oxygens (including phenoxy) is 2. The zero-order valence-corrected chi connectivity index (χ0v) is 20.2. The second kappa shape index (κ2) is 10.0. The Hall–Kier alpha value is -4.10. The van der Waals surface area contributed by atoms with Gasteiger partial charge in [-0.15, -0.1) is 0 Å². The molecule has 8 heteroatoms. The van der Waals surface area contributed by atoms with Crippen LogP contribution in [0.5, 0.6) is 11.5 Å². The van der Waals surface area contributed by atoms with Gasteiger partial charge in [-0.2, -0.15) is 0 Å². The zero-order valence-electron chi connectivity index (χ0n) is 19.4. The lowest BCUT2D eigenvalue weighted by Crippen LogP contribution is -2.32. The van der Waals surface area contributed by atoms with Crippen LogP contribution in [0, 0.1) is 13.8 Å². The van der Waals surface area contributed by atoms with Crippen molar-refractivity contribution in [2.24, 2.45) is 0 Å². The van der Waals surface area contributed by atoms with Crippen LogP contribution in [0.15, 0.2) is 77.5 Å². The van der Waals surface area contributed by atoms with Gasteiger partial charge in [-0.25, -0.2) is 9.69 Å². The third kappa shape index (κ3) is 4.90. The van der Waals surface area contributed by atoms with Crippen molar-refractivity contribution < 1.29 is 23.9 Å². The summed E-state index contributed by atoms with van der Waals surface area (Å²) in [4.78, 5) is 39.4. The predicted molar refractivity (Wildman–Crippen MR) is 134 cm³/mol. The molecule has 0 saturated carbocycles. The molecule has 0 aliphatic carbocycles. The molecule has 1 N–H and O–H groups in total. The predicted octanol–water partition coefficient (Wildman–Crippen LogP) is 5.36. The lowest BCUT2D eigenvalue weighted by atomic mass is 10.1. The number of imide groups is 1. The summed E-state index contributed by atoms with van der Waals surface area (Å²) < 4.78 is 11.1. The second-order valence-electron chi connectivity index (χ2n) is 7.90. The maximum atomic E-state index is 13.1. The van der Waals surface area contributed by atoms with E-state index in [-0.39, 0.29) is 10.7 Å². The van der Waals surface area contributed by atoms with Crippen molar-refractivity contribution in [1.82, 2.24) is 0 Å². The quantitative estimate of drug-likeness (QED) is 0.273. The molecule has 0 spiro atoms. The molecule has 0 unspecified atom stereocenters. The highest BCUT2D eigenvalue weighted by Crippen LogP contribution is 2.35. The first kappa shape index (κ1) is 24.0. The number of halogens is 1. The minimum atomic E-state index is -0.653. The maximum absolute atomic E-state index is 13.1. The number of amides is 2. The fourth-order valence-electron chi connectivity index (χ4n) is 3.56. The molecule has 0 saturated heterocycles. The van der Waals surface area contributed by atoms with Crippen LogP contribution in [0.2, 0.25) is 0 Å². The molecule has 1 heterocycles. The first-order valence-corrected chi connectivity index (χ1v) is 11.3. The van der Waals surface area contributed by atoms with Gasteiger partial charge in [-0.05, 0) is 74.4 Å². The Morgan fingerprint density at radius 1 is 0.943 bits per heavy atom. The van der Waals surface area contributed by atoms with Gasteiger partial charge in [0.15, 0.2) is 0 Å². The van der Waals surface area contributed by atoms with Gasteiger partial charge in [-0.1, -0.05) is 35.9 Å². The average Bonchev–Trinajstić information content (AvgIpc) is 3.05. The number of para-hydroxylation sites is 2. The number of benzene rings is 3. The molecule has 1 aliphatic heterocycles. The highest BCUT2D eigenvalue weighted by atomic mass is 35.5. The molecule has 2 amide bonds. The van der Waals surface area contributed by atoms with Crippen molar-refractivity contribution in [1.29, 1.82) is 0 Å². The summed E-state index contributed by atoms with van der Waals surface area (Å²) in [6.07, 6.45) is 0. The van der Waals surface area contributed by atoms with Crippen LogP contribution in [0.1, 0.15) is 28.4 Å². The Labute approximate surface area is 207 Å². The smallest absolute Gasteiger partial charge is 0.343 e. The lowest BCUT2D eigenvalue weighted by molar-refractivity contribution is -0.120. The van der Waals surface area contributed by atoms with Crippen molar-refractivity contribution in [2.45, 2.75) is 20.8 Å². The summed E-state index contributed by atoms with van der Waals surface area (Å²) >= 11 is 6.24. The number of carbonyl (C=O) groups is 3. The number of anilines is 2. The molecule has 1 aliphatic rings. The molecule has 3 aromatic rings. The molecule has 4 rings (SSSR count). The third-order valence-electron chi connectivity index (χ3n) is 5.37. The minimum absolute atomic E-state index is 0.0614. The Morgan fingerprint density at radius 2 is 1.66 bits per heavy atom. The Kier molecular flexibility index (Phi) is 6.89. The van der Waals surface area contributed by atoms with Crippen molar-refractivity contribution in [2.75, 3.05) is 16.8 Å². The van der Waals surface area contributed by atoms with Crippen LogP contribution >= 0.6 is 11.6 Å². The summed E-state index contributed by atoms with van der Waals surface area (Å²) in [6, 6.07) is 18.7. The number of carbonyl (C=O) groups excluding carboxylic acids is 3. The molecule has 0 fully saturated rings. The number of esters is 1. The van der Waals surface area contributed by atoms with Crippen molar-refractivity contribution in [3.8, 4) is 11.5 Å². The molecule has 0 radical (unpaired) electrons. The van der Waals surface area contributed by atoms with E-state index in [1.165, 1.54) is 0 Å². The van der Waals surface area contributed by atoms with Gasteiger partial charge >= 0.3 is 5.97 Å². The van der Waals surface area contributed by atoms with Gasteiger partial charge in [0.2, 0.25) is 0 Å². The number of hydrogen-bond acceptors (Lipinski definition) is 6. The Morgan fingerprint density at radius 3 is 2.37 bits per heavy atom. The van der Waals surface area contributed by atoms with Gasteiger partial charge in [0.05, 0.1) is 17.9 Å². The molecule has 0 atom stereocenters. The van der Waals surface area contributed by atoms with Crippen LogP contribution in [0.3, 0.4) is 0 Å². The monoisotopic (exact) mass is 490 g/mol. The topological polar surface area (TPSA) is 84.9 Å². The van der Waals surface area contributed by atoms with E-state index in [0.717, 1.165) is 16.0 Å². The molecule has 3 aromatic carbocycles. The third-order valence-corrected chi connectivity index (χ3v) is 5.72. The van der Waals surface area contributed by atoms with E-state index in [0.29, 0.717) is 35.0 Å². The number of nitrogens with zero attached hydrogens (tertiary/aromatic N) is 1. The van der Waals surface area contributed by atoms with Crippen molar-refractivity contribution >= 4 is 40.8 Å². The maximum Gasteiger partial charge on any atom is 0.343 e. The molecule has 0 bridgehead atoms. The molecule has 7 nitrogen and oxygen atoms in total. The summed E-state index contributed by atoms with van der Waals surface area (Å²) in [5.41, 5.74) is 2.89. The molecule has 178 valence electrons. The fraction of sp³-hybridized carbons (Fsp3) is 0.148. The first-order valence-electron chi connectivity index (χ1n) is 11.0. The standard InChI is InChI=1S/C27H23ClN2O5/c1-4-34-21-8-6-5-7-20(21)30-25(31)23(28)24(26(30)32)29-19-13-11-18(12-14-19)27(33)35-22-15-16(2)9-10-17(22)3/h5-15,29H,4H2,1-3H3. The molecular formula is C27H23ClN2O5. The second-order valence-corrected chi connectivity index (χ2v) is 8.27.